The molecule has 0 atom stereocenters. The van der Waals surface area contributed by atoms with E-state index in [1.165, 1.54) is 16.2 Å². The Morgan fingerprint density at radius 3 is 2.86 bits per heavy atom. The summed E-state index contributed by atoms with van der Waals surface area (Å²) in [6, 6.07) is 1.90. The number of aromatic nitrogens is 2. The first-order valence-corrected chi connectivity index (χ1v) is 11.0. The van der Waals surface area contributed by atoms with Gasteiger partial charge in [0.15, 0.2) is 0 Å². The molecule has 3 heterocycles. The molecule has 1 aliphatic rings. The number of hydrogen-bond acceptors (Lipinski definition) is 7. The van der Waals surface area contributed by atoms with Crippen molar-refractivity contribution in [1.29, 1.82) is 0 Å². The van der Waals surface area contributed by atoms with Crippen LogP contribution in [-0.4, -0.2) is 22.0 Å². The van der Waals surface area contributed by atoms with E-state index in [-0.39, 0.29) is 12.3 Å². The molecule has 7 nitrogen and oxygen atoms in total. The third-order valence-electron chi connectivity index (χ3n) is 4.72. The number of carbonyl (C=O) groups is 2. The molecule has 0 saturated carbocycles. The summed E-state index contributed by atoms with van der Waals surface area (Å²) in [6.45, 7) is 0. The molecule has 0 bridgehead atoms. The highest BCUT2D eigenvalue weighted by atomic mass is 32.1. The van der Waals surface area contributed by atoms with Gasteiger partial charge in [0.25, 0.3) is 5.91 Å². The molecule has 3 aromatic rings. The van der Waals surface area contributed by atoms with Crippen LogP contribution in [0.5, 0.6) is 0 Å². The van der Waals surface area contributed by atoms with Gasteiger partial charge in [-0.05, 0) is 42.7 Å². The van der Waals surface area contributed by atoms with E-state index in [4.69, 9.17) is 10.2 Å². The second-order valence-electron chi connectivity index (χ2n) is 6.69. The monoisotopic (exact) mass is 416 g/mol. The Morgan fingerprint density at radius 1 is 1.21 bits per heavy atom. The average molecular weight is 417 g/mol. The zero-order valence-corrected chi connectivity index (χ0v) is 16.8. The van der Waals surface area contributed by atoms with Gasteiger partial charge in [-0.2, -0.15) is 11.3 Å². The largest absolute Gasteiger partial charge is 0.421 e. The molecule has 3 N–H and O–H groups in total. The van der Waals surface area contributed by atoms with Crippen molar-refractivity contribution >= 4 is 39.5 Å². The number of nitrogens with two attached hydrogens (primary N) is 1. The molecule has 0 radical (unpaired) electrons. The molecule has 2 amide bonds. The van der Waals surface area contributed by atoms with Crippen LogP contribution in [0.1, 0.15) is 52.4 Å². The lowest BCUT2D eigenvalue weighted by Crippen LogP contribution is -2.18. The van der Waals surface area contributed by atoms with Crippen LogP contribution in [0.2, 0.25) is 0 Å². The Kier molecular flexibility index (Phi) is 5.54. The Morgan fingerprint density at radius 2 is 2.07 bits per heavy atom. The van der Waals surface area contributed by atoms with E-state index in [2.05, 4.69) is 15.5 Å². The van der Waals surface area contributed by atoms with Crippen LogP contribution in [0.25, 0.3) is 11.5 Å². The van der Waals surface area contributed by atoms with Crippen molar-refractivity contribution in [1.82, 2.24) is 10.2 Å². The second kappa shape index (κ2) is 8.24. The van der Waals surface area contributed by atoms with E-state index in [9.17, 15) is 9.59 Å². The van der Waals surface area contributed by atoms with Gasteiger partial charge in [-0.1, -0.05) is 6.42 Å². The quantitative estimate of drug-likeness (QED) is 0.594. The summed E-state index contributed by atoms with van der Waals surface area (Å²) >= 11 is 3.02. The van der Waals surface area contributed by atoms with Gasteiger partial charge >= 0.3 is 0 Å². The lowest BCUT2D eigenvalue weighted by atomic mass is 10.1. The Labute approximate surface area is 170 Å². The number of aryl methyl sites for hydroxylation is 2. The molecule has 146 valence electrons. The molecule has 0 saturated heterocycles. The molecule has 0 aromatic carbocycles. The van der Waals surface area contributed by atoms with Crippen LogP contribution < -0.4 is 11.1 Å². The molecule has 3 aromatic heterocycles. The van der Waals surface area contributed by atoms with Gasteiger partial charge in [-0.25, -0.2) is 0 Å². The maximum absolute atomic E-state index is 12.4. The maximum atomic E-state index is 12.4. The first-order valence-electron chi connectivity index (χ1n) is 9.21. The topological polar surface area (TPSA) is 111 Å². The Balaban J connectivity index is 1.42. The van der Waals surface area contributed by atoms with E-state index in [1.807, 2.05) is 16.8 Å². The van der Waals surface area contributed by atoms with Gasteiger partial charge in [0.2, 0.25) is 17.7 Å². The van der Waals surface area contributed by atoms with E-state index in [0.717, 1.165) is 43.2 Å². The summed E-state index contributed by atoms with van der Waals surface area (Å²) in [5, 5.41) is 15.3. The molecule has 4 rings (SSSR count). The van der Waals surface area contributed by atoms with Crippen molar-refractivity contribution < 1.29 is 14.0 Å². The summed E-state index contributed by atoms with van der Waals surface area (Å²) in [5.41, 5.74) is 7.98. The van der Waals surface area contributed by atoms with Crippen LogP contribution in [-0.2, 0) is 24.1 Å². The minimum Gasteiger partial charge on any atom is -0.421 e. The Bertz CT molecular complexity index is 991. The first-order chi connectivity index (χ1) is 13.6. The summed E-state index contributed by atoms with van der Waals surface area (Å²) in [5.74, 6) is 0.185. The van der Waals surface area contributed by atoms with Gasteiger partial charge in [0.05, 0.1) is 5.56 Å². The number of nitrogens with one attached hydrogen (secondary N) is 1. The minimum absolute atomic E-state index is 0.187. The van der Waals surface area contributed by atoms with E-state index in [0.29, 0.717) is 28.8 Å². The number of thiophene rings is 2. The number of anilines is 1. The molecular formula is C19H20N4O3S2. The van der Waals surface area contributed by atoms with Crippen molar-refractivity contribution in [2.75, 3.05) is 5.32 Å². The summed E-state index contributed by atoms with van der Waals surface area (Å²) < 4.78 is 5.60. The number of nitrogens with zero attached hydrogens (tertiary/aromatic N) is 2. The first kappa shape index (κ1) is 18.8. The number of hydrogen-bond donors (Lipinski definition) is 2. The molecule has 1 aliphatic carbocycles. The van der Waals surface area contributed by atoms with E-state index in [1.54, 1.807) is 11.3 Å². The lowest BCUT2D eigenvalue weighted by molar-refractivity contribution is -0.116. The lowest BCUT2D eigenvalue weighted by Gasteiger charge is -2.05. The fraction of sp³-hybridized carbons (Fsp3) is 0.368. The van der Waals surface area contributed by atoms with E-state index < -0.39 is 5.91 Å². The van der Waals surface area contributed by atoms with Gasteiger partial charge in [0.1, 0.15) is 5.00 Å². The number of rotatable bonds is 6. The number of primary amides is 1. The second-order valence-corrected chi connectivity index (χ2v) is 8.58. The molecule has 0 spiro atoms. The highest BCUT2D eigenvalue weighted by Gasteiger charge is 2.24. The highest BCUT2D eigenvalue weighted by Crippen LogP contribution is 2.37. The van der Waals surface area contributed by atoms with Gasteiger partial charge < -0.3 is 15.5 Å². The summed E-state index contributed by atoms with van der Waals surface area (Å²) in [7, 11) is 0. The maximum Gasteiger partial charge on any atom is 0.251 e. The van der Waals surface area contributed by atoms with Crippen molar-refractivity contribution in [2.24, 2.45) is 5.73 Å². The van der Waals surface area contributed by atoms with Gasteiger partial charge in [-0.3, -0.25) is 9.59 Å². The SMILES string of the molecule is NC(=O)c1c(NC(=O)CCc2nnc(-c3ccsc3)o2)sc2c1CCCCC2. The summed E-state index contributed by atoms with van der Waals surface area (Å²) in [6.07, 6.45) is 5.59. The smallest absolute Gasteiger partial charge is 0.251 e. The molecule has 0 unspecified atom stereocenters. The molecule has 9 heteroatoms. The van der Waals surface area contributed by atoms with Crippen LogP contribution >= 0.6 is 22.7 Å². The number of amides is 2. The van der Waals surface area contributed by atoms with Crippen LogP contribution in [0, 0.1) is 0 Å². The van der Waals surface area contributed by atoms with Crippen LogP contribution in [0.3, 0.4) is 0 Å². The standard InChI is InChI=1S/C19H20N4O3S2/c20-17(25)16-12-4-2-1-3-5-13(12)28-19(16)21-14(24)6-7-15-22-23-18(26-15)11-8-9-27-10-11/h8-10H,1-7H2,(H2,20,25)(H,21,24). The van der Waals surface area contributed by atoms with Crippen LogP contribution in [0.15, 0.2) is 21.2 Å². The zero-order valence-electron chi connectivity index (χ0n) is 15.2. The predicted octanol–water partition coefficient (Wildman–Crippen LogP) is 3.80. The summed E-state index contributed by atoms with van der Waals surface area (Å²) in [4.78, 5) is 25.6. The molecule has 0 fully saturated rings. The van der Waals surface area contributed by atoms with E-state index >= 15 is 0 Å². The Hall–Kier alpha value is -2.52. The fourth-order valence-electron chi connectivity index (χ4n) is 3.36. The predicted molar refractivity (Wildman–Crippen MR) is 109 cm³/mol. The third-order valence-corrected chi connectivity index (χ3v) is 6.61. The van der Waals surface area contributed by atoms with Gasteiger partial charge in [-0.15, -0.1) is 21.5 Å². The normalized spacial score (nSPS) is 13.7. The van der Waals surface area contributed by atoms with Crippen LogP contribution in [0.4, 0.5) is 5.00 Å². The zero-order chi connectivity index (χ0) is 19.5. The number of carbonyl (C=O) groups excluding carboxylic acids is 2. The number of fused-ring (bicyclic) bond motifs is 1. The van der Waals surface area contributed by atoms with Crippen molar-refractivity contribution in [3.05, 3.63) is 38.7 Å². The minimum atomic E-state index is -0.480. The fourth-order valence-corrected chi connectivity index (χ4v) is 5.30. The molecule has 28 heavy (non-hydrogen) atoms. The van der Waals surface area contributed by atoms with Crippen molar-refractivity contribution in [3.8, 4) is 11.5 Å². The van der Waals surface area contributed by atoms with Crippen molar-refractivity contribution in [2.45, 2.75) is 44.9 Å². The van der Waals surface area contributed by atoms with Crippen molar-refractivity contribution in [3.63, 3.8) is 0 Å². The van der Waals surface area contributed by atoms with Gasteiger partial charge in [0, 0.05) is 28.7 Å². The average Bonchev–Trinajstić information content (AvgIpc) is 3.37. The molecular weight excluding hydrogens is 396 g/mol. The molecule has 0 aliphatic heterocycles. The highest BCUT2D eigenvalue weighted by molar-refractivity contribution is 7.17. The third kappa shape index (κ3) is 4.00.